The average molecular weight is 437 g/mol. The lowest BCUT2D eigenvalue weighted by Gasteiger charge is -2.12. The Morgan fingerprint density at radius 2 is 1.91 bits per heavy atom. The number of nitrogens with one attached hydrogen (secondary N) is 3. The molecule has 0 aliphatic carbocycles. The molecule has 3 rings (SSSR count). The topological polar surface area (TPSA) is 185 Å². The van der Waals surface area contributed by atoms with E-state index in [1.807, 2.05) is 37.5 Å². The molecule has 0 aliphatic heterocycles. The Labute approximate surface area is 180 Å². The van der Waals surface area contributed by atoms with Crippen LogP contribution in [0.15, 0.2) is 46.3 Å². The molecule has 3 amide bonds. The van der Waals surface area contributed by atoms with E-state index in [9.17, 15) is 24.5 Å². The predicted octanol–water partition coefficient (Wildman–Crippen LogP) is 1.65. The maximum atomic E-state index is 12.9. The van der Waals surface area contributed by atoms with Crippen LogP contribution in [0, 0.1) is 24.0 Å². The quantitative estimate of drug-likeness (QED) is 0.258. The summed E-state index contributed by atoms with van der Waals surface area (Å²) in [5.41, 5.74) is 8.51. The molecule has 0 unspecified atom stereocenters. The number of carbonyl (C=O) groups excluding carboxylic acids is 2. The second-order valence-electron chi connectivity index (χ2n) is 6.90. The van der Waals surface area contributed by atoms with Gasteiger partial charge in [-0.3, -0.25) is 19.7 Å². The zero-order valence-corrected chi connectivity index (χ0v) is 17.1. The first-order valence-corrected chi connectivity index (χ1v) is 9.32. The molecule has 164 valence electrons. The average Bonchev–Trinajstić information content (AvgIpc) is 2.73. The van der Waals surface area contributed by atoms with Crippen molar-refractivity contribution in [1.82, 2.24) is 15.4 Å². The van der Waals surface area contributed by atoms with Crippen molar-refractivity contribution in [3.8, 4) is 0 Å². The molecule has 32 heavy (non-hydrogen) atoms. The Kier molecular flexibility index (Phi) is 6.24. The Balaban J connectivity index is 1.96. The molecule has 0 saturated carbocycles. The minimum atomic E-state index is -0.991. The van der Waals surface area contributed by atoms with E-state index in [2.05, 4.69) is 20.4 Å². The number of hydrogen-bond donors (Lipinski definition) is 4. The number of amides is 3. The monoisotopic (exact) mass is 437 g/mol. The summed E-state index contributed by atoms with van der Waals surface area (Å²) < 4.78 is 0. The van der Waals surface area contributed by atoms with Crippen molar-refractivity contribution in [2.45, 2.75) is 20.3 Å². The smallest absolute Gasteiger partial charge is 0.332 e. The number of aromatic nitrogens is 2. The lowest BCUT2D eigenvalue weighted by Crippen LogP contribution is -2.33. The largest absolute Gasteiger partial charge is 0.350 e. The van der Waals surface area contributed by atoms with Gasteiger partial charge in [-0.1, -0.05) is 18.2 Å². The highest BCUT2D eigenvalue weighted by molar-refractivity contribution is 6.43. The van der Waals surface area contributed by atoms with Gasteiger partial charge in [0.2, 0.25) is 0 Å². The number of para-hydroxylation sites is 1. The standard InChI is InChI=1S/C20H19N7O5/c1-10-4-3-5-11(2)17(10)24-19(29)16(25-26-20(21)30)9-15-18(28)23-14-8-12(27(31)32)6-7-13(14)22-15/h3-8H,9H2,1-2H3,(H,23,28)(H,24,29)(H3,21,26,30)/b25-16+. The van der Waals surface area contributed by atoms with Gasteiger partial charge in [0, 0.05) is 24.2 Å². The molecular weight excluding hydrogens is 418 g/mol. The van der Waals surface area contributed by atoms with E-state index in [0.29, 0.717) is 5.69 Å². The molecule has 12 heteroatoms. The molecule has 0 spiro atoms. The molecule has 0 bridgehead atoms. The second-order valence-corrected chi connectivity index (χ2v) is 6.90. The maximum absolute atomic E-state index is 12.9. The zero-order valence-electron chi connectivity index (χ0n) is 17.1. The SMILES string of the molecule is Cc1cccc(C)c1NC(=O)/C(Cc1nc2ccc([N+](=O)[O-])cc2[nH]c1=O)=N/NC(N)=O. The third kappa shape index (κ3) is 4.92. The number of aryl methyl sites for hydroxylation is 2. The molecule has 5 N–H and O–H groups in total. The molecule has 0 fully saturated rings. The van der Waals surface area contributed by atoms with Crippen molar-refractivity contribution < 1.29 is 14.5 Å². The summed E-state index contributed by atoms with van der Waals surface area (Å²) in [6.07, 6.45) is -0.334. The number of rotatable bonds is 6. The number of anilines is 1. The molecule has 0 saturated heterocycles. The number of nitro benzene ring substituents is 1. The van der Waals surface area contributed by atoms with Gasteiger partial charge in [0.15, 0.2) is 0 Å². The number of aromatic amines is 1. The van der Waals surface area contributed by atoms with Crippen LogP contribution in [0.2, 0.25) is 0 Å². The van der Waals surface area contributed by atoms with Crippen LogP contribution in [0.25, 0.3) is 11.0 Å². The molecule has 0 aliphatic rings. The first kappa shape index (κ1) is 22.1. The molecule has 1 aromatic heterocycles. The van der Waals surface area contributed by atoms with Gasteiger partial charge < -0.3 is 16.0 Å². The summed E-state index contributed by atoms with van der Waals surface area (Å²) in [7, 11) is 0. The predicted molar refractivity (Wildman–Crippen MR) is 117 cm³/mol. The highest BCUT2D eigenvalue weighted by Crippen LogP contribution is 2.20. The Morgan fingerprint density at radius 1 is 1.22 bits per heavy atom. The van der Waals surface area contributed by atoms with Crippen molar-refractivity contribution in [1.29, 1.82) is 0 Å². The van der Waals surface area contributed by atoms with Crippen LogP contribution in [0.1, 0.15) is 16.8 Å². The summed E-state index contributed by atoms with van der Waals surface area (Å²) in [5.74, 6) is -0.666. The minimum absolute atomic E-state index is 0.0759. The lowest BCUT2D eigenvalue weighted by molar-refractivity contribution is -0.384. The van der Waals surface area contributed by atoms with Gasteiger partial charge in [-0.05, 0) is 31.0 Å². The number of nitrogens with zero attached hydrogens (tertiary/aromatic N) is 3. The van der Waals surface area contributed by atoms with Crippen LogP contribution < -0.4 is 22.0 Å². The van der Waals surface area contributed by atoms with Crippen LogP contribution in [0.4, 0.5) is 16.2 Å². The first-order valence-electron chi connectivity index (χ1n) is 9.32. The third-order valence-corrected chi connectivity index (χ3v) is 4.57. The fraction of sp³-hybridized carbons (Fsp3) is 0.150. The summed E-state index contributed by atoms with van der Waals surface area (Å²) in [4.78, 5) is 53.5. The fourth-order valence-electron chi connectivity index (χ4n) is 2.99. The number of hydrazone groups is 1. The zero-order chi connectivity index (χ0) is 23.4. The number of primary amides is 1. The summed E-state index contributed by atoms with van der Waals surface area (Å²) >= 11 is 0. The van der Waals surface area contributed by atoms with Crippen LogP contribution >= 0.6 is 0 Å². The highest BCUT2D eigenvalue weighted by Gasteiger charge is 2.19. The number of non-ortho nitro benzene ring substituents is 1. The van der Waals surface area contributed by atoms with Gasteiger partial charge in [-0.2, -0.15) is 5.10 Å². The number of hydrogen-bond acceptors (Lipinski definition) is 7. The Bertz CT molecular complexity index is 1310. The van der Waals surface area contributed by atoms with Crippen molar-refractivity contribution in [2.75, 3.05) is 5.32 Å². The van der Waals surface area contributed by atoms with Gasteiger partial charge in [-0.15, -0.1) is 0 Å². The van der Waals surface area contributed by atoms with E-state index < -0.39 is 22.4 Å². The number of fused-ring (bicyclic) bond motifs is 1. The van der Waals surface area contributed by atoms with E-state index in [1.54, 1.807) is 0 Å². The van der Waals surface area contributed by atoms with Crippen LogP contribution in [-0.4, -0.2) is 32.5 Å². The third-order valence-electron chi connectivity index (χ3n) is 4.57. The van der Waals surface area contributed by atoms with Crippen LogP contribution in [0.3, 0.4) is 0 Å². The van der Waals surface area contributed by atoms with Gasteiger partial charge in [0.25, 0.3) is 17.2 Å². The number of nitrogens with two attached hydrogens (primary N) is 1. The van der Waals surface area contributed by atoms with Crippen LogP contribution in [-0.2, 0) is 11.2 Å². The van der Waals surface area contributed by atoms with Gasteiger partial charge in [-0.25, -0.2) is 15.2 Å². The lowest BCUT2D eigenvalue weighted by atomic mass is 10.1. The Morgan fingerprint density at radius 3 is 2.53 bits per heavy atom. The highest BCUT2D eigenvalue weighted by atomic mass is 16.6. The number of H-pyrrole nitrogens is 1. The molecule has 0 atom stereocenters. The van der Waals surface area contributed by atoms with Crippen molar-refractivity contribution >= 4 is 40.1 Å². The maximum Gasteiger partial charge on any atom is 0.332 e. The molecule has 2 aromatic carbocycles. The van der Waals surface area contributed by atoms with Gasteiger partial charge in [0.1, 0.15) is 11.4 Å². The Hall–Kier alpha value is -4.61. The number of carbonyl (C=O) groups is 2. The fourth-order valence-corrected chi connectivity index (χ4v) is 2.99. The molecule has 0 radical (unpaired) electrons. The molecular formula is C20H19N7O5. The number of benzene rings is 2. The first-order chi connectivity index (χ1) is 15.2. The summed E-state index contributed by atoms with van der Waals surface area (Å²) in [6.45, 7) is 3.63. The summed E-state index contributed by atoms with van der Waals surface area (Å²) in [5, 5.41) is 17.4. The normalized spacial score (nSPS) is 11.2. The molecule has 1 heterocycles. The molecule has 3 aromatic rings. The van der Waals surface area contributed by atoms with Gasteiger partial charge >= 0.3 is 6.03 Å². The minimum Gasteiger partial charge on any atom is -0.350 e. The van der Waals surface area contributed by atoms with E-state index in [1.165, 1.54) is 18.2 Å². The van der Waals surface area contributed by atoms with Gasteiger partial charge in [0.05, 0.1) is 16.0 Å². The van der Waals surface area contributed by atoms with E-state index >= 15 is 0 Å². The number of nitro groups is 1. The van der Waals surface area contributed by atoms with E-state index in [-0.39, 0.29) is 34.5 Å². The van der Waals surface area contributed by atoms with Crippen LogP contribution in [0.5, 0.6) is 0 Å². The van der Waals surface area contributed by atoms with Crippen molar-refractivity contribution in [2.24, 2.45) is 10.8 Å². The van der Waals surface area contributed by atoms with Crippen molar-refractivity contribution in [3.63, 3.8) is 0 Å². The van der Waals surface area contributed by atoms with E-state index in [0.717, 1.165) is 11.1 Å². The number of urea groups is 1. The van der Waals surface area contributed by atoms with Crippen molar-refractivity contribution in [3.05, 3.63) is 73.7 Å². The second kappa shape index (κ2) is 9.04. The van der Waals surface area contributed by atoms with E-state index in [4.69, 9.17) is 5.73 Å². The molecule has 12 nitrogen and oxygen atoms in total. The summed E-state index contributed by atoms with van der Waals surface area (Å²) in [6, 6.07) is 8.29.